The summed E-state index contributed by atoms with van der Waals surface area (Å²) >= 11 is 0. The number of carbonyl (C=O) groups is 1. The van der Waals surface area contributed by atoms with Gasteiger partial charge in [0, 0.05) is 25.7 Å². The Morgan fingerprint density at radius 3 is 2.36 bits per heavy atom. The third-order valence-electron chi connectivity index (χ3n) is 7.11. The zero-order chi connectivity index (χ0) is 27.4. The number of hydrogen-bond donors (Lipinski definition) is 6. The quantitative estimate of drug-likeness (QED) is 0.213. The summed E-state index contributed by atoms with van der Waals surface area (Å²) in [6.07, 6.45) is -4.29. The molecule has 0 aromatic carbocycles. The van der Waals surface area contributed by atoms with Gasteiger partial charge in [-0.25, -0.2) is 0 Å². The molecule has 0 aliphatic carbocycles. The summed E-state index contributed by atoms with van der Waals surface area (Å²) in [7, 11) is 0. The van der Waals surface area contributed by atoms with Gasteiger partial charge < -0.3 is 45.5 Å². The minimum atomic E-state index is -1.83. The molecule has 2 rings (SSSR count). The van der Waals surface area contributed by atoms with Crippen molar-refractivity contribution in [3.63, 3.8) is 0 Å². The van der Waals surface area contributed by atoms with Crippen molar-refractivity contribution >= 4 is 5.78 Å². The van der Waals surface area contributed by atoms with E-state index in [0.29, 0.717) is 0 Å². The molecule has 0 saturated carbocycles. The molecule has 0 aromatic rings. The van der Waals surface area contributed by atoms with Crippen LogP contribution in [-0.2, 0) is 19.0 Å². The predicted molar refractivity (Wildman–Crippen MR) is 132 cm³/mol. The van der Waals surface area contributed by atoms with Gasteiger partial charge in [-0.2, -0.15) is 0 Å². The minimum absolute atomic E-state index is 0.0650. The molecule has 7 unspecified atom stereocenters. The average molecular weight is 518 g/mol. The van der Waals surface area contributed by atoms with Gasteiger partial charge in [-0.05, 0) is 18.8 Å². The highest BCUT2D eigenvalue weighted by Gasteiger charge is 2.50. The molecule has 0 aromatic heterocycles. The average Bonchev–Trinajstić information content (AvgIpc) is 2.78. The van der Waals surface area contributed by atoms with Crippen molar-refractivity contribution in [2.45, 2.75) is 128 Å². The lowest BCUT2D eigenvalue weighted by Gasteiger charge is -2.46. The molecule has 36 heavy (non-hydrogen) atoms. The molecule has 2 aliphatic heterocycles. The Labute approximate surface area is 214 Å². The van der Waals surface area contributed by atoms with E-state index in [9.17, 15) is 30.3 Å². The summed E-state index contributed by atoms with van der Waals surface area (Å²) in [6.45, 7) is 10.9. The molecule has 11 atom stereocenters. The Hall–Kier alpha value is -0.950. The van der Waals surface area contributed by atoms with Crippen molar-refractivity contribution in [3.8, 4) is 0 Å². The Bertz CT molecular complexity index is 732. The maximum absolute atomic E-state index is 12.8. The van der Waals surface area contributed by atoms with Gasteiger partial charge >= 0.3 is 0 Å². The topological polar surface area (TPSA) is 172 Å². The second kappa shape index (κ2) is 13.2. The Balaban J connectivity index is 2.32. The minimum Gasteiger partial charge on any atom is -0.393 e. The van der Waals surface area contributed by atoms with Crippen molar-refractivity contribution in [1.82, 2.24) is 0 Å². The number of carbonyl (C=O) groups excluding carboxylic acids is 1. The molecule has 2 aliphatic rings. The number of aliphatic hydroxyl groups is 5. The first kappa shape index (κ1) is 31.3. The highest BCUT2D eigenvalue weighted by molar-refractivity contribution is 5.82. The number of allylic oxidation sites excluding steroid dienone is 1. The van der Waals surface area contributed by atoms with Gasteiger partial charge in [-0.3, -0.25) is 4.79 Å². The Morgan fingerprint density at radius 1 is 1.17 bits per heavy atom. The Morgan fingerprint density at radius 2 is 1.81 bits per heavy atom. The SMILES string of the molecule is CCC(=O)[C@@H]1C(O)C[C@@](O)(C[C@@H](O)C(C)C)OC1C[C@H](/C=C/C(C)C)OC1OC(C)C(O)C(N)C1O. The van der Waals surface area contributed by atoms with Gasteiger partial charge in [0.2, 0.25) is 0 Å². The van der Waals surface area contributed by atoms with Gasteiger partial charge in [-0.1, -0.05) is 46.8 Å². The fourth-order valence-electron chi connectivity index (χ4n) is 4.76. The first-order valence-electron chi connectivity index (χ1n) is 13.1. The standard InChI is InChI=1S/C26H47NO9/c1-7-17(28)21-19(30)12-26(33,11-18(29)14(4)5)36-20(21)10-16(9-8-13(2)3)35-25-24(32)22(27)23(31)15(6)34-25/h8-9,13-16,18-25,29-33H,7,10-12,27H2,1-6H3/b9-8+/t15?,16-,18+,19?,20?,21+,22?,23?,24?,25?,26+/m0/s1. The number of aliphatic hydroxyl groups excluding tert-OH is 4. The molecule has 10 heteroatoms. The van der Waals surface area contributed by atoms with Crippen LogP contribution in [0.5, 0.6) is 0 Å². The van der Waals surface area contributed by atoms with Crippen LogP contribution in [0.15, 0.2) is 12.2 Å². The monoisotopic (exact) mass is 517 g/mol. The second-order valence-electron chi connectivity index (χ2n) is 11.0. The van der Waals surface area contributed by atoms with E-state index < -0.39 is 66.8 Å². The van der Waals surface area contributed by atoms with E-state index in [1.807, 2.05) is 33.8 Å². The molecule has 0 spiro atoms. The van der Waals surface area contributed by atoms with Gasteiger partial charge in [0.05, 0.1) is 48.6 Å². The molecule has 2 saturated heterocycles. The fourth-order valence-corrected chi connectivity index (χ4v) is 4.76. The van der Waals surface area contributed by atoms with Crippen molar-refractivity contribution in [2.24, 2.45) is 23.5 Å². The lowest BCUT2D eigenvalue weighted by Crippen LogP contribution is -2.61. The van der Waals surface area contributed by atoms with E-state index in [1.54, 1.807) is 19.9 Å². The summed E-state index contributed by atoms with van der Waals surface area (Å²) in [6, 6.07) is -0.974. The van der Waals surface area contributed by atoms with Gasteiger partial charge in [0.15, 0.2) is 12.1 Å². The van der Waals surface area contributed by atoms with Crippen LogP contribution in [0.4, 0.5) is 0 Å². The maximum atomic E-state index is 12.8. The number of ether oxygens (including phenoxy) is 3. The first-order valence-corrected chi connectivity index (χ1v) is 13.1. The highest BCUT2D eigenvalue weighted by Crippen LogP contribution is 2.38. The summed E-state index contributed by atoms with van der Waals surface area (Å²) in [5, 5.41) is 53.1. The molecule has 0 amide bonds. The largest absolute Gasteiger partial charge is 0.393 e. The van der Waals surface area contributed by atoms with Crippen LogP contribution in [-0.4, -0.2) is 92.2 Å². The summed E-state index contributed by atoms with van der Waals surface area (Å²) in [4.78, 5) is 12.8. The van der Waals surface area contributed by atoms with Crippen LogP contribution < -0.4 is 5.73 Å². The third kappa shape index (κ3) is 8.02. The van der Waals surface area contributed by atoms with Crippen molar-refractivity contribution < 1.29 is 44.5 Å². The zero-order valence-corrected chi connectivity index (χ0v) is 22.4. The fraction of sp³-hybridized carbons (Fsp3) is 0.885. The summed E-state index contributed by atoms with van der Waals surface area (Å²) in [5.41, 5.74) is 5.95. The van der Waals surface area contributed by atoms with Crippen molar-refractivity contribution in [3.05, 3.63) is 12.2 Å². The molecule has 0 radical (unpaired) electrons. The van der Waals surface area contributed by atoms with Gasteiger partial charge in [0.25, 0.3) is 0 Å². The van der Waals surface area contributed by atoms with E-state index in [2.05, 4.69) is 0 Å². The first-order chi connectivity index (χ1) is 16.7. The molecule has 2 fully saturated rings. The van der Waals surface area contributed by atoms with Crippen LogP contribution in [0, 0.1) is 17.8 Å². The van der Waals surface area contributed by atoms with E-state index >= 15 is 0 Å². The smallest absolute Gasteiger partial charge is 0.186 e. The highest BCUT2D eigenvalue weighted by atomic mass is 16.7. The second-order valence-corrected chi connectivity index (χ2v) is 11.0. The number of hydrogen-bond acceptors (Lipinski definition) is 10. The molecular weight excluding hydrogens is 470 g/mol. The van der Waals surface area contributed by atoms with Crippen molar-refractivity contribution in [1.29, 1.82) is 0 Å². The normalized spacial score (nSPS) is 39.6. The maximum Gasteiger partial charge on any atom is 0.186 e. The van der Waals surface area contributed by atoms with Gasteiger partial charge in [-0.15, -0.1) is 0 Å². The lowest BCUT2D eigenvalue weighted by molar-refractivity contribution is -0.307. The summed E-state index contributed by atoms with van der Waals surface area (Å²) < 4.78 is 17.8. The molecule has 10 nitrogen and oxygen atoms in total. The van der Waals surface area contributed by atoms with Crippen LogP contribution in [0.2, 0.25) is 0 Å². The number of rotatable bonds is 11. The molecule has 0 bridgehead atoms. The predicted octanol–water partition coefficient (Wildman–Crippen LogP) is 0.609. The molecule has 7 N–H and O–H groups in total. The molecule has 2 heterocycles. The number of Topliss-reactive ketones (excluding diaryl/α,β-unsaturated/α-hetero) is 1. The van der Waals surface area contributed by atoms with Crippen LogP contribution in [0.3, 0.4) is 0 Å². The number of ketones is 1. The summed E-state index contributed by atoms with van der Waals surface area (Å²) in [5.74, 6) is -2.91. The number of nitrogens with two attached hydrogens (primary N) is 1. The van der Waals surface area contributed by atoms with Crippen molar-refractivity contribution in [2.75, 3.05) is 0 Å². The molecule has 210 valence electrons. The van der Waals surface area contributed by atoms with Gasteiger partial charge in [0.1, 0.15) is 11.9 Å². The van der Waals surface area contributed by atoms with Crippen LogP contribution >= 0.6 is 0 Å². The lowest BCUT2D eigenvalue weighted by atomic mass is 9.79. The molecular formula is C26H47NO9. The Kier molecular flexibility index (Phi) is 11.5. The third-order valence-corrected chi connectivity index (χ3v) is 7.11. The van der Waals surface area contributed by atoms with Crippen LogP contribution in [0.25, 0.3) is 0 Å². The van der Waals surface area contributed by atoms with Crippen LogP contribution in [0.1, 0.15) is 67.2 Å². The van der Waals surface area contributed by atoms with E-state index in [1.165, 1.54) is 0 Å². The van der Waals surface area contributed by atoms with E-state index in [4.69, 9.17) is 19.9 Å². The zero-order valence-electron chi connectivity index (χ0n) is 22.4. The van der Waals surface area contributed by atoms with E-state index in [-0.39, 0.29) is 43.3 Å². The van der Waals surface area contributed by atoms with E-state index in [0.717, 1.165) is 0 Å².